The molecule has 43 heavy (non-hydrogen) atoms. The van der Waals surface area contributed by atoms with Crippen LogP contribution < -0.4 is 17.0 Å². The summed E-state index contributed by atoms with van der Waals surface area (Å²) in [6, 6.07) is 0. The molecule has 232 valence electrons. The topological polar surface area (TPSA) is 259 Å². The second kappa shape index (κ2) is 11.7. The van der Waals surface area contributed by atoms with Gasteiger partial charge in [0.15, 0.2) is 23.0 Å². The lowest BCUT2D eigenvalue weighted by Crippen LogP contribution is -2.23. The van der Waals surface area contributed by atoms with Gasteiger partial charge in [-0.2, -0.15) is 14.6 Å². The van der Waals surface area contributed by atoms with Crippen LogP contribution >= 0.6 is 38.1 Å². The van der Waals surface area contributed by atoms with Crippen molar-refractivity contribution in [3.05, 3.63) is 34.8 Å². The molecule has 0 radical (unpaired) electrons. The third kappa shape index (κ3) is 6.60. The molecule has 0 amide bonds. The number of anilines is 2. The second-order valence-electron chi connectivity index (χ2n) is 9.75. The average molecular weight is 677 g/mol. The summed E-state index contributed by atoms with van der Waals surface area (Å²) in [4.78, 5) is 40.4. The Hall–Kier alpha value is -2.58. The standard InChI is InChI=1S/C20H26N10O9P2S2/c21-19-27-16-14(17(31)28-19)25-8-29(16)18-13(3-10(38-18)6-35-40(32,33)42)39-41(34,43)36-5-9-1-2-12(37-9)11-4-26-30-15(11)23-7-24-20(30)22/h4,7-10,12-13,18H,1-3,5-6H2,(H,34,43)(H2,22,23,24)(H2,32,33,42)(H3,21,27,28,31)/t9-,10-,12+,13?,18+,41?/m0/s1. The molecule has 2 saturated heterocycles. The van der Waals surface area contributed by atoms with Crippen molar-refractivity contribution in [1.82, 2.24) is 39.1 Å². The summed E-state index contributed by atoms with van der Waals surface area (Å²) in [6.07, 6.45) is 1.81. The highest BCUT2D eigenvalue weighted by molar-refractivity contribution is 8.44. The van der Waals surface area contributed by atoms with Gasteiger partial charge < -0.3 is 25.8 Å². The maximum absolute atomic E-state index is 13.4. The molecule has 23 heteroatoms. The summed E-state index contributed by atoms with van der Waals surface area (Å²) in [5.74, 6) is 0.0278. The molecule has 0 saturated carbocycles. The molecule has 0 spiro atoms. The van der Waals surface area contributed by atoms with E-state index in [1.807, 2.05) is 0 Å². The predicted octanol–water partition coefficient (Wildman–Crippen LogP) is 1.42. The van der Waals surface area contributed by atoms with Crippen LogP contribution in [0, 0.1) is 0 Å². The van der Waals surface area contributed by atoms with Crippen molar-refractivity contribution in [2.75, 3.05) is 24.7 Å². The molecule has 19 nitrogen and oxygen atoms in total. The number of nitrogens with two attached hydrogens (primary N) is 2. The number of rotatable bonds is 10. The Bertz CT molecular complexity index is 1810. The third-order valence-corrected chi connectivity index (χ3v) is 9.28. The van der Waals surface area contributed by atoms with Crippen molar-refractivity contribution in [2.24, 2.45) is 0 Å². The highest BCUT2D eigenvalue weighted by Crippen LogP contribution is 2.57. The zero-order valence-corrected chi connectivity index (χ0v) is 25.5. The van der Waals surface area contributed by atoms with E-state index in [4.69, 9.17) is 34.5 Å². The number of aromatic nitrogens is 8. The van der Waals surface area contributed by atoms with Gasteiger partial charge in [0.1, 0.15) is 12.4 Å². The van der Waals surface area contributed by atoms with Crippen LogP contribution in [0.15, 0.2) is 23.6 Å². The van der Waals surface area contributed by atoms with Gasteiger partial charge in [-0.1, -0.05) is 24.5 Å². The molecular weight excluding hydrogens is 650 g/mol. The summed E-state index contributed by atoms with van der Waals surface area (Å²) < 4.78 is 56.1. The van der Waals surface area contributed by atoms with Gasteiger partial charge in [0, 0.05) is 12.0 Å². The first-order valence-electron chi connectivity index (χ1n) is 12.7. The molecule has 2 fully saturated rings. The molecule has 3 unspecified atom stereocenters. The van der Waals surface area contributed by atoms with Gasteiger partial charge >= 0.3 is 13.6 Å². The Morgan fingerprint density at radius 1 is 1.09 bits per heavy atom. The van der Waals surface area contributed by atoms with Crippen molar-refractivity contribution in [1.29, 1.82) is 0 Å². The number of nitrogens with zero attached hydrogens (tertiary/aromatic N) is 7. The molecule has 4 aromatic heterocycles. The maximum Gasteiger partial charge on any atom is 0.386 e. The molecule has 0 aromatic carbocycles. The second-order valence-corrected chi connectivity index (χ2v) is 15.4. The van der Waals surface area contributed by atoms with E-state index in [0.29, 0.717) is 18.5 Å². The third-order valence-electron chi connectivity index (χ3n) is 6.80. The van der Waals surface area contributed by atoms with Gasteiger partial charge in [-0.3, -0.25) is 27.9 Å². The monoisotopic (exact) mass is 676 g/mol. The summed E-state index contributed by atoms with van der Waals surface area (Å²) in [5.41, 5.74) is 12.3. The van der Waals surface area contributed by atoms with E-state index in [1.54, 1.807) is 6.20 Å². The summed E-state index contributed by atoms with van der Waals surface area (Å²) in [5, 5.41) is 4.21. The molecule has 4 aromatic rings. The lowest BCUT2D eigenvalue weighted by atomic mass is 10.1. The molecule has 6 rings (SSSR count). The van der Waals surface area contributed by atoms with Crippen LogP contribution in [0.1, 0.15) is 37.2 Å². The quantitative estimate of drug-likeness (QED) is 0.102. The van der Waals surface area contributed by atoms with Crippen molar-refractivity contribution in [3.8, 4) is 0 Å². The average Bonchev–Trinajstić information content (AvgIpc) is 3.71. The van der Waals surface area contributed by atoms with Crippen molar-refractivity contribution in [2.45, 2.75) is 49.9 Å². The van der Waals surface area contributed by atoms with Gasteiger partial charge in [0.25, 0.3) is 5.56 Å². The lowest BCUT2D eigenvalue weighted by molar-refractivity contribution is -0.0437. The van der Waals surface area contributed by atoms with Crippen LogP contribution in [0.4, 0.5) is 11.9 Å². The number of hydrogen-bond donors (Lipinski definition) is 6. The Morgan fingerprint density at radius 3 is 2.67 bits per heavy atom. The molecule has 6 heterocycles. The van der Waals surface area contributed by atoms with Crippen LogP contribution in [0.25, 0.3) is 16.8 Å². The Morgan fingerprint density at radius 2 is 1.88 bits per heavy atom. The van der Waals surface area contributed by atoms with Gasteiger partial charge in [0.2, 0.25) is 11.9 Å². The van der Waals surface area contributed by atoms with Gasteiger partial charge in [-0.15, -0.1) is 0 Å². The zero-order chi connectivity index (χ0) is 30.5. The number of H-pyrrole nitrogens is 1. The first-order valence-corrected chi connectivity index (χ1v) is 18.1. The molecule has 2 aliphatic rings. The number of nitrogens with one attached hydrogen (secondary N) is 1. The van der Waals surface area contributed by atoms with E-state index in [9.17, 15) is 18.8 Å². The maximum atomic E-state index is 13.4. The fourth-order valence-electron chi connectivity index (χ4n) is 4.98. The fourth-order valence-corrected chi connectivity index (χ4v) is 7.06. The number of thiol groups is 2. The number of nitrogen functional groups attached to an aromatic ring is 2. The summed E-state index contributed by atoms with van der Waals surface area (Å²) >= 11 is 7.67. The van der Waals surface area contributed by atoms with Crippen LogP contribution in [-0.4, -0.2) is 75.5 Å². The predicted molar refractivity (Wildman–Crippen MR) is 155 cm³/mol. The van der Waals surface area contributed by atoms with E-state index >= 15 is 0 Å². The van der Waals surface area contributed by atoms with Gasteiger partial charge in [-0.05, 0) is 12.8 Å². The van der Waals surface area contributed by atoms with E-state index in [2.05, 4.69) is 54.5 Å². The Kier molecular flexibility index (Phi) is 8.31. The first kappa shape index (κ1) is 30.4. The minimum absolute atomic E-state index is 0.0231. The smallest absolute Gasteiger partial charge is 0.369 e. The lowest BCUT2D eigenvalue weighted by Gasteiger charge is -2.24. The summed E-state index contributed by atoms with van der Waals surface area (Å²) in [7, 11) is 0. The van der Waals surface area contributed by atoms with Gasteiger partial charge in [-0.25, -0.2) is 24.1 Å². The zero-order valence-electron chi connectivity index (χ0n) is 21.9. The highest BCUT2D eigenvalue weighted by Gasteiger charge is 2.43. The highest BCUT2D eigenvalue weighted by atomic mass is 32.7. The minimum Gasteiger partial charge on any atom is -0.369 e. The van der Waals surface area contributed by atoms with Crippen molar-refractivity contribution in [3.63, 3.8) is 0 Å². The molecule has 0 aliphatic carbocycles. The molecular formula is C20H26N10O9P2S2. The summed E-state index contributed by atoms with van der Waals surface area (Å²) in [6.45, 7) is -8.61. The molecule has 2 aliphatic heterocycles. The van der Waals surface area contributed by atoms with Crippen LogP contribution in [0.5, 0.6) is 0 Å². The number of fused-ring (bicyclic) bond motifs is 2. The normalized spacial score (nSPS) is 27.1. The molecule has 0 bridgehead atoms. The largest absolute Gasteiger partial charge is 0.386 e. The Labute approximate surface area is 252 Å². The molecule has 7 atom stereocenters. The fraction of sp³-hybridized carbons (Fsp3) is 0.500. The van der Waals surface area contributed by atoms with Crippen LogP contribution in [-0.2, 0) is 32.2 Å². The number of hydrogen-bond acceptors (Lipinski definition) is 15. The number of aromatic amines is 1. The number of ether oxygens (including phenoxy) is 2. The van der Waals surface area contributed by atoms with Crippen LogP contribution in [0.2, 0.25) is 0 Å². The van der Waals surface area contributed by atoms with E-state index in [0.717, 1.165) is 5.56 Å². The van der Waals surface area contributed by atoms with Crippen LogP contribution in [0.3, 0.4) is 0 Å². The minimum atomic E-state index is -4.12. The van der Waals surface area contributed by atoms with E-state index < -0.39 is 43.7 Å². The Balaban J connectivity index is 1.14. The molecule has 6 N–H and O–H groups in total. The van der Waals surface area contributed by atoms with Gasteiger partial charge in [0.05, 0.1) is 44.0 Å². The van der Waals surface area contributed by atoms with E-state index in [-0.39, 0.29) is 48.8 Å². The van der Waals surface area contributed by atoms with Crippen molar-refractivity contribution >= 4 is 66.8 Å². The van der Waals surface area contributed by atoms with E-state index in [1.165, 1.54) is 21.7 Å². The first-order chi connectivity index (χ1) is 20.4. The van der Waals surface area contributed by atoms with Crippen molar-refractivity contribution < 1.29 is 37.1 Å². The number of imidazole rings is 1. The SMILES string of the molecule is Nc1nc2c(ncn2[C@@H]2O[C@H](COP(=O)(O)S)CC2OP(=O)(S)OC[C@@H]2CC[C@H](c3cnn4c(N)ncnc34)O2)c(=O)[nH]1.